The number of aromatic nitrogens is 3. The van der Waals surface area contributed by atoms with Crippen LogP contribution >= 0.6 is 0 Å². The predicted molar refractivity (Wildman–Crippen MR) is 87.7 cm³/mol. The fourth-order valence-corrected chi connectivity index (χ4v) is 2.77. The van der Waals surface area contributed by atoms with Crippen molar-refractivity contribution >= 4 is 5.91 Å². The minimum absolute atomic E-state index is 0.0434. The predicted octanol–water partition coefficient (Wildman–Crippen LogP) is 2.97. The Morgan fingerprint density at radius 2 is 1.88 bits per heavy atom. The van der Waals surface area contributed by atoms with Gasteiger partial charge in [-0.25, -0.2) is 0 Å². The lowest BCUT2D eigenvalue weighted by molar-refractivity contribution is 0.0717. The van der Waals surface area contributed by atoms with E-state index in [0.717, 1.165) is 30.0 Å². The highest BCUT2D eigenvalue weighted by Gasteiger charge is 2.33. The molecule has 2 heterocycles. The van der Waals surface area contributed by atoms with Crippen LogP contribution < -0.4 is 0 Å². The van der Waals surface area contributed by atoms with Crippen molar-refractivity contribution < 1.29 is 9.21 Å². The number of nitrogens with zero attached hydrogens (tertiary/aromatic N) is 4. The van der Waals surface area contributed by atoms with E-state index in [2.05, 4.69) is 10.2 Å². The highest BCUT2D eigenvalue weighted by Crippen LogP contribution is 2.30. The summed E-state index contributed by atoms with van der Waals surface area (Å²) in [6.45, 7) is 2.43. The highest BCUT2D eigenvalue weighted by atomic mass is 16.3. The molecule has 1 amide bonds. The first-order valence-electron chi connectivity index (χ1n) is 8.02. The van der Waals surface area contributed by atoms with Crippen LogP contribution in [0.25, 0.3) is 5.69 Å². The molecule has 0 radical (unpaired) electrons. The van der Waals surface area contributed by atoms with Crippen molar-refractivity contribution in [2.45, 2.75) is 32.4 Å². The van der Waals surface area contributed by atoms with Crippen molar-refractivity contribution in [1.29, 1.82) is 0 Å². The number of aryl methyl sites for hydroxylation is 1. The van der Waals surface area contributed by atoms with Crippen LogP contribution in [0.15, 0.2) is 53.5 Å². The largest absolute Gasteiger partial charge is 0.464 e. The van der Waals surface area contributed by atoms with Crippen molar-refractivity contribution in [3.05, 3.63) is 66.1 Å². The van der Waals surface area contributed by atoms with E-state index in [9.17, 15) is 4.79 Å². The zero-order valence-electron chi connectivity index (χ0n) is 13.4. The van der Waals surface area contributed by atoms with Gasteiger partial charge in [0.1, 0.15) is 24.2 Å². The van der Waals surface area contributed by atoms with Crippen LogP contribution in [0.3, 0.4) is 0 Å². The van der Waals surface area contributed by atoms with Crippen LogP contribution in [0.4, 0.5) is 0 Å². The molecule has 6 heteroatoms. The van der Waals surface area contributed by atoms with Gasteiger partial charge in [0.2, 0.25) is 0 Å². The van der Waals surface area contributed by atoms with Gasteiger partial charge < -0.3 is 9.32 Å². The van der Waals surface area contributed by atoms with E-state index in [1.165, 1.54) is 0 Å². The van der Waals surface area contributed by atoms with Gasteiger partial charge in [0.25, 0.3) is 5.91 Å². The number of furan rings is 1. The third kappa shape index (κ3) is 2.95. The van der Waals surface area contributed by atoms with E-state index in [1.807, 2.05) is 48.2 Å². The number of carbonyl (C=O) groups excluding carboxylic acids is 1. The van der Waals surface area contributed by atoms with Crippen molar-refractivity contribution in [2.75, 3.05) is 0 Å². The number of benzene rings is 1. The van der Waals surface area contributed by atoms with Gasteiger partial charge in [0, 0.05) is 17.3 Å². The molecule has 2 aromatic heterocycles. The molecule has 0 spiro atoms. The summed E-state index contributed by atoms with van der Waals surface area (Å²) in [5.41, 5.74) is 1.61. The molecule has 1 fully saturated rings. The summed E-state index contributed by atoms with van der Waals surface area (Å²) in [6, 6.07) is 11.7. The Bertz CT molecular complexity index is 832. The van der Waals surface area contributed by atoms with Gasteiger partial charge in [0.15, 0.2) is 0 Å². The molecule has 0 N–H and O–H groups in total. The van der Waals surface area contributed by atoms with E-state index < -0.39 is 0 Å². The van der Waals surface area contributed by atoms with Crippen LogP contribution in [0.5, 0.6) is 0 Å². The summed E-state index contributed by atoms with van der Waals surface area (Å²) >= 11 is 0. The molecule has 4 rings (SSSR count). The summed E-state index contributed by atoms with van der Waals surface area (Å²) in [5, 5.41) is 7.58. The molecule has 122 valence electrons. The molecular weight excluding hydrogens is 304 g/mol. The van der Waals surface area contributed by atoms with Crippen molar-refractivity contribution in [2.24, 2.45) is 0 Å². The number of hydrogen-bond donors (Lipinski definition) is 0. The molecule has 0 bridgehead atoms. The van der Waals surface area contributed by atoms with Crippen molar-refractivity contribution in [3.63, 3.8) is 0 Å². The third-order valence-corrected chi connectivity index (χ3v) is 4.20. The van der Waals surface area contributed by atoms with Crippen LogP contribution in [0.1, 0.15) is 34.7 Å². The molecule has 1 aliphatic rings. The van der Waals surface area contributed by atoms with E-state index in [4.69, 9.17) is 4.42 Å². The second-order valence-corrected chi connectivity index (χ2v) is 6.09. The Morgan fingerprint density at radius 1 is 1.17 bits per heavy atom. The van der Waals surface area contributed by atoms with E-state index >= 15 is 0 Å². The Kier molecular flexibility index (Phi) is 3.65. The van der Waals surface area contributed by atoms with Gasteiger partial charge in [-0.05, 0) is 56.2 Å². The molecule has 1 aromatic carbocycles. The molecule has 1 saturated carbocycles. The first kappa shape index (κ1) is 14.7. The Balaban J connectivity index is 1.54. The monoisotopic (exact) mass is 322 g/mol. The summed E-state index contributed by atoms with van der Waals surface area (Å²) in [6.07, 6.45) is 5.38. The quantitative estimate of drug-likeness (QED) is 0.724. The summed E-state index contributed by atoms with van der Waals surface area (Å²) in [7, 11) is 0. The Labute approximate surface area is 139 Å². The maximum absolute atomic E-state index is 12.9. The van der Waals surface area contributed by atoms with E-state index in [1.54, 1.807) is 17.2 Å². The third-order valence-electron chi connectivity index (χ3n) is 4.20. The molecule has 0 aliphatic heterocycles. The number of amides is 1. The fraction of sp³-hybridized carbons (Fsp3) is 0.278. The summed E-state index contributed by atoms with van der Waals surface area (Å²) < 4.78 is 7.44. The molecule has 0 atom stereocenters. The van der Waals surface area contributed by atoms with E-state index in [0.29, 0.717) is 18.2 Å². The normalized spacial score (nSPS) is 13.9. The standard InChI is InChI=1S/C18H18N4O2/c1-13-2-9-17(24-13)10-22(16-7-8-16)18(23)14-3-5-15(6-4-14)21-11-19-20-12-21/h2-6,9,11-12,16H,7-8,10H2,1H3. The van der Waals surface area contributed by atoms with Crippen LogP contribution in [0, 0.1) is 6.92 Å². The molecule has 24 heavy (non-hydrogen) atoms. The second-order valence-electron chi connectivity index (χ2n) is 6.09. The Morgan fingerprint density at radius 3 is 2.46 bits per heavy atom. The number of carbonyl (C=O) groups is 1. The smallest absolute Gasteiger partial charge is 0.254 e. The van der Waals surface area contributed by atoms with Crippen LogP contribution in [-0.4, -0.2) is 31.6 Å². The number of rotatable bonds is 5. The average molecular weight is 322 g/mol. The van der Waals surface area contributed by atoms with Gasteiger partial charge in [-0.2, -0.15) is 0 Å². The van der Waals surface area contributed by atoms with E-state index in [-0.39, 0.29) is 5.91 Å². The van der Waals surface area contributed by atoms with Crippen LogP contribution in [-0.2, 0) is 6.54 Å². The lowest BCUT2D eigenvalue weighted by Crippen LogP contribution is -2.32. The van der Waals surface area contributed by atoms with Gasteiger partial charge in [0.05, 0.1) is 6.54 Å². The average Bonchev–Trinajstić information content (AvgIpc) is 3.12. The Hall–Kier alpha value is -2.89. The zero-order chi connectivity index (χ0) is 16.5. The minimum Gasteiger partial charge on any atom is -0.464 e. The van der Waals surface area contributed by atoms with Crippen LogP contribution in [0.2, 0.25) is 0 Å². The lowest BCUT2D eigenvalue weighted by Gasteiger charge is -2.21. The lowest BCUT2D eigenvalue weighted by atomic mass is 10.1. The van der Waals surface area contributed by atoms with Gasteiger partial charge in [-0.15, -0.1) is 10.2 Å². The molecular formula is C18H18N4O2. The topological polar surface area (TPSA) is 64.2 Å². The minimum atomic E-state index is 0.0434. The molecule has 3 aromatic rings. The fourth-order valence-electron chi connectivity index (χ4n) is 2.77. The molecule has 0 saturated heterocycles. The van der Waals surface area contributed by atoms with Crippen molar-refractivity contribution in [3.8, 4) is 5.69 Å². The molecule has 1 aliphatic carbocycles. The first-order valence-corrected chi connectivity index (χ1v) is 8.02. The molecule has 0 unspecified atom stereocenters. The summed E-state index contributed by atoms with van der Waals surface area (Å²) in [4.78, 5) is 14.8. The summed E-state index contributed by atoms with van der Waals surface area (Å²) in [5.74, 6) is 1.74. The maximum atomic E-state index is 12.9. The number of hydrogen-bond acceptors (Lipinski definition) is 4. The molecule has 6 nitrogen and oxygen atoms in total. The SMILES string of the molecule is Cc1ccc(CN(C(=O)c2ccc(-n3cnnc3)cc2)C2CC2)o1. The first-order chi connectivity index (χ1) is 11.7. The van der Waals surface area contributed by atoms with Gasteiger partial charge >= 0.3 is 0 Å². The van der Waals surface area contributed by atoms with Crippen molar-refractivity contribution in [1.82, 2.24) is 19.7 Å². The second kappa shape index (κ2) is 5.96. The maximum Gasteiger partial charge on any atom is 0.254 e. The highest BCUT2D eigenvalue weighted by molar-refractivity contribution is 5.94. The zero-order valence-corrected chi connectivity index (χ0v) is 13.4. The van der Waals surface area contributed by atoms with Gasteiger partial charge in [-0.3, -0.25) is 9.36 Å². The van der Waals surface area contributed by atoms with Gasteiger partial charge in [-0.1, -0.05) is 0 Å².